The fourth-order valence-electron chi connectivity index (χ4n) is 2.04. The van der Waals surface area contributed by atoms with Crippen molar-refractivity contribution >= 4 is 17.4 Å². The van der Waals surface area contributed by atoms with Gasteiger partial charge in [-0.25, -0.2) is 14.5 Å². The largest absolute Gasteiger partial charge is 0.390 e. The third-order valence-corrected chi connectivity index (χ3v) is 4.25. The molecule has 0 aliphatic rings. The van der Waals surface area contributed by atoms with E-state index in [1.165, 1.54) is 20.8 Å². The predicted octanol–water partition coefficient (Wildman–Crippen LogP) is 0.514. The van der Waals surface area contributed by atoms with Crippen LogP contribution in [0.3, 0.4) is 0 Å². The van der Waals surface area contributed by atoms with Gasteiger partial charge in [-0.15, -0.1) is 5.10 Å². The van der Waals surface area contributed by atoms with Crippen molar-refractivity contribution in [2.75, 3.05) is 5.75 Å². The molecule has 0 bridgehead atoms. The quantitative estimate of drug-likeness (QED) is 0.695. The molecule has 21 heavy (non-hydrogen) atoms. The molecule has 0 amide bonds. The fraction of sp³-hybridized carbons (Fsp3) is 0.308. The van der Waals surface area contributed by atoms with Gasteiger partial charge in [-0.1, -0.05) is 17.8 Å². The molecule has 0 aromatic carbocycles. The minimum Gasteiger partial charge on any atom is -0.390 e. The molecule has 0 atom stereocenters. The number of aromatic nitrogens is 5. The number of aliphatic hydroxyl groups is 1. The number of fused-ring (bicyclic) bond motifs is 1. The molecule has 3 aromatic rings. The van der Waals surface area contributed by atoms with Crippen molar-refractivity contribution in [3.05, 3.63) is 46.8 Å². The molecule has 3 heterocycles. The molecular formula is C13H15N5O2S. The van der Waals surface area contributed by atoms with Gasteiger partial charge in [-0.2, -0.15) is 0 Å². The van der Waals surface area contributed by atoms with Gasteiger partial charge in [0.05, 0.1) is 25.0 Å². The number of thioether (sulfide) groups is 1. The second-order valence-electron chi connectivity index (χ2n) is 4.53. The average Bonchev–Trinajstić information content (AvgIpc) is 3.01. The second-order valence-corrected chi connectivity index (χ2v) is 5.59. The Bertz CT molecular complexity index is 819. The summed E-state index contributed by atoms with van der Waals surface area (Å²) in [4.78, 5) is 16.3. The molecule has 0 aliphatic carbocycles. The van der Waals surface area contributed by atoms with E-state index >= 15 is 0 Å². The summed E-state index contributed by atoms with van der Waals surface area (Å²) in [6.45, 7) is 0.475. The molecule has 0 radical (unpaired) electrons. The number of hydrogen-bond acceptors (Lipinski definition) is 5. The summed E-state index contributed by atoms with van der Waals surface area (Å²) >= 11 is 1.53. The first-order valence-electron chi connectivity index (χ1n) is 6.49. The Morgan fingerprint density at radius 2 is 2.24 bits per heavy atom. The van der Waals surface area contributed by atoms with Gasteiger partial charge in [-0.05, 0) is 12.1 Å². The van der Waals surface area contributed by atoms with Gasteiger partial charge in [0.25, 0.3) is 0 Å². The Kier molecular flexibility index (Phi) is 3.80. The summed E-state index contributed by atoms with van der Waals surface area (Å²) in [5.74, 6) is 0.680. The molecule has 0 saturated heterocycles. The topological polar surface area (TPSA) is 77.3 Å². The summed E-state index contributed by atoms with van der Waals surface area (Å²) in [5.41, 5.74) is 1.27. The monoisotopic (exact) mass is 305 g/mol. The summed E-state index contributed by atoms with van der Waals surface area (Å²) in [5, 5.41) is 14.2. The van der Waals surface area contributed by atoms with Crippen LogP contribution in [0.1, 0.15) is 5.69 Å². The first kappa shape index (κ1) is 13.9. The van der Waals surface area contributed by atoms with E-state index in [1.807, 2.05) is 17.7 Å². The lowest BCUT2D eigenvalue weighted by Gasteiger charge is -2.03. The standard InChI is InChI=1S/C13H15N5O2S/c1-16-10(9-19)8-14-12(16)21-7-6-18-13(20)17-5-3-2-4-11(17)15-18/h2-5,8,19H,6-7,9H2,1H3. The first-order chi connectivity index (χ1) is 10.2. The molecule has 7 nitrogen and oxygen atoms in total. The van der Waals surface area contributed by atoms with Crippen LogP contribution < -0.4 is 5.69 Å². The first-order valence-corrected chi connectivity index (χ1v) is 7.47. The van der Waals surface area contributed by atoms with E-state index in [0.29, 0.717) is 17.9 Å². The maximum atomic E-state index is 12.1. The Hall–Kier alpha value is -2.06. The Balaban J connectivity index is 1.70. The third kappa shape index (κ3) is 2.59. The van der Waals surface area contributed by atoms with E-state index in [4.69, 9.17) is 5.11 Å². The number of pyridine rings is 1. The highest BCUT2D eigenvalue weighted by Gasteiger charge is 2.08. The van der Waals surface area contributed by atoms with Gasteiger partial charge in [0, 0.05) is 19.0 Å². The third-order valence-electron chi connectivity index (χ3n) is 3.23. The number of hydrogen-bond donors (Lipinski definition) is 1. The van der Waals surface area contributed by atoms with E-state index in [1.54, 1.807) is 24.5 Å². The van der Waals surface area contributed by atoms with Crippen LogP contribution in [-0.2, 0) is 20.2 Å². The zero-order valence-electron chi connectivity index (χ0n) is 11.5. The highest BCUT2D eigenvalue weighted by Crippen LogP contribution is 2.17. The van der Waals surface area contributed by atoms with Gasteiger partial charge in [0.15, 0.2) is 10.8 Å². The fourth-order valence-corrected chi connectivity index (χ4v) is 2.93. The van der Waals surface area contributed by atoms with Gasteiger partial charge in [-0.3, -0.25) is 4.40 Å². The van der Waals surface area contributed by atoms with Crippen molar-refractivity contribution in [1.82, 2.24) is 23.7 Å². The number of nitrogens with zero attached hydrogens (tertiary/aromatic N) is 5. The Morgan fingerprint density at radius 3 is 2.95 bits per heavy atom. The molecule has 0 fully saturated rings. The molecule has 3 rings (SSSR count). The molecule has 8 heteroatoms. The molecule has 110 valence electrons. The maximum absolute atomic E-state index is 12.1. The lowest BCUT2D eigenvalue weighted by atomic mass is 10.5. The number of imidazole rings is 1. The van der Waals surface area contributed by atoms with Gasteiger partial charge < -0.3 is 9.67 Å². The van der Waals surface area contributed by atoms with Crippen LogP contribution in [0.2, 0.25) is 0 Å². The molecule has 0 saturated carbocycles. The van der Waals surface area contributed by atoms with Crippen molar-refractivity contribution in [3.8, 4) is 0 Å². The number of aliphatic hydroxyl groups excluding tert-OH is 1. The lowest BCUT2D eigenvalue weighted by molar-refractivity contribution is 0.271. The van der Waals surface area contributed by atoms with Crippen LogP contribution in [0, 0.1) is 0 Å². The van der Waals surface area contributed by atoms with Crippen LogP contribution in [0.25, 0.3) is 5.65 Å². The minimum absolute atomic E-state index is 0.0318. The maximum Gasteiger partial charge on any atom is 0.350 e. The van der Waals surface area contributed by atoms with Gasteiger partial charge in [0.1, 0.15) is 0 Å². The molecular weight excluding hydrogens is 290 g/mol. The lowest BCUT2D eigenvalue weighted by Crippen LogP contribution is -2.22. The van der Waals surface area contributed by atoms with Crippen LogP contribution in [0.4, 0.5) is 0 Å². The highest BCUT2D eigenvalue weighted by atomic mass is 32.2. The smallest absolute Gasteiger partial charge is 0.350 e. The summed E-state index contributed by atoms with van der Waals surface area (Å²) in [6.07, 6.45) is 3.36. The second kappa shape index (κ2) is 5.74. The zero-order chi connectivity index (χ0) is 14.8. The van der Waals surface area contributed by atoms with Crippen LogP contribution in [0.5, 0.6) is 0 Å². The summed E-state index contributed by atoms with van der Waals surface area (Å²) in [7, 11) is 1.86. The van der Waals surface area contributed by atoms with Crippen molar-refractivity contribution < 1.29 is 5.11 Å². The van der Waals surface area contributed by atoms with Gasteiger partial charge in [0.2, 0.25) is 0 Å². The van der Waals surface area contributed by atoms with E-state index in [0.717, 1.165) is 10.9 Å². The van der Waals surface area contributed by atoms with Crippen molar-refractivity contribution in [3.63, 3.8) is 0 Å². The number of aryl methyl sites for hydroxylation is 1. The van der Waals surface area contributed by atoms with Crippen molar-refractivity contribution in [2.24, 2.45) is 7.05 Å². The van der Waals surface area contributed by atoms with Crippen LogP contribution >= 0.6 is 11.8 Å². The van der Waals surface area contributed by atoms with E-state index in [-0.39, 0.29) is 12.3 Å². The predicted molar refractivity (Wildman–Crippen MR) is 79.3 cm³/mol. The van der Waals surface area contributed by atoms with E-state index in [9.17, 15) is 4.79 Å². The average molecular weight is 305 g/mol. The highest BCUT2D eigenvalue weighted by molar-refractivity contribution is 7.99. The Labute approximate surface area is 124 Å². The molecule has 3 aromatic heterocycles. The molecule has 0 aliphatic heterocycles. The van der Waals surface area contributed by atoms with Crippen LogP contribution in [0.15, 0.2) is 40.5 Å². The minimum atomic E-state index is -0.137. The summed E-state index contributed by atoms with van der Waals surface area (Å²) in [6, 6.07) is 5.46. The van der Waals surface area contributed by atoms with E-state index in [2.05, 4.69) is 10.1 Å². The number of rotatable bonds is 5. The summed E-state index contributed by atoms with van der Waals surface area (Å²) < 4.78 is 4.82. The Morgan fingerprint density at radius 1 is 1.38 bits per heavy atom. The molecule has 0 unspecified atom stereocenters. The van der Waals surface area contributed by atoms with E-state index < -0.39 is 0 Å². The van der Waals surface area contributed by atoms with Crippen LogP contribution in [-0.4, -0.2) is 34.6 Å². The molecule has 0 spiro atoms. The SMILES string of the molecule is Cn1c(CO)cnc1SCCn1nc2ccccn2c1=O. The van der Waals surface area contributed by atoms with Gasteiger partial charge >= 0.3 is 5.69 Å². The normalized spacial score (nSPS) is 11.3. The van der Waals surface area contributed by atoms with Crippen molar-refractivity contribution in [2.45, 2.75) is 18.3 Å². The molecule has 1 N–H and O–H groups in total. The zero-order valence-corrected chi connectivity index (χ0v) is 12.3. The van der Waals surface area contributed by atoms with Crippen molar-refractivity contribution in [1.29, 1.82) is 0 Å².